The van der Waals surface area contributed by atoms with E-state index in [9.17, 15) is 4.79 Å². The number of benzene rings is 1. The topological polar surface area (TPSA) is 42.9 Å². The molecule has 0 amide bonds. The second-order valence-corrected chi connectivity index (χ2v) is 8.41. The number of hydrogen-bond donors (Lipinski definition) is 0. The van der Waals surface area contributed by atoms with E-state index in [2.05, 4.69) is 16.9 Å². The van der Waals surface area contributed by atoms with E-state index >= 15 is 0 Å². The summed E-state index contributed by atoms with van der Waals surface area (Å²) in [6.07, 6.45) is 13.6. The molecule has 1 heterocycles. The largest absolute Gasteiger partial charge is 0.294 e. The van der Waals surface area contributed by atoms with Crippen LogP contribution in [0.15, 0.2) is 36.7 Å². The summed E-state index contributed by atoms with van der Waals surface area (Å²) in [6.45, 7) is 2.16. The third-order valence-electron chi connectivity index (χ3n) is 5.92. The average molecular weight is 399 g/mol. The van der Waals surface area contributed by atoms with Crippen LogP contribution in [0.1, 0.15) is 85.1 Å². The van der Waals surface area contributed by atoms with Gasteiger partial charge in [0.25, 0.3) is 0 Å². The lowest BCUT2D eigenvalue weighted by molar-refractivity contribution is 0.0990. The molecule has 4 heteroatoms. The quantitative estimate of drug-likeness (QED) is 0.376. The number of nitrogens with zero attached hydrogens (tertiary/aromatic N) is 2. The standard InChI is InChI=1S/C24H31ClN2O/c1-2-4-18-8-12-21(13-9-18)23(28)15-24-26-16-22(17-27-24)20-10-6-19(7-11-20)5-3-14-25/h8-9,12-13,16-17,19-20H,2-7,10-11,14-15H2,1H3/t19-,20-. The van der Waals surface area contributed by atoms with Gasteiger partial charge in [-0.2, -0.15) is 0 Å². The Balaban J connectivity index is 1.52. The highest BCUT2D eigenvalue weighted by Gasteiger charge is 2.22. The molecule has 3 nitrogen and oxygen atoms in total. The van der Waals surface area contributed by atoms with Crippen LogP contribution >= 0.6 is 11.6 Å². The average Bonchev–Trinajstić information content (AvgIpc) is 2.74. The van der Waals surface area contributed by atoms with Crippen LogP contribution in [0.4, 0.5) is 0 Å². The van der Waals surface area contributed by atoms with Gasteiger partial charge in [-0.15, -0.1) is 11.6 Å². The van der Waals surface area contributed by atoms with Crippen LogP contribution in [-0.4, -0.2) is 21.6 Å². The highest BCUT2D eigenvalue weighted by molar-refractivity contribution is 6.17. The van der Waals surface area contributed by atoms with Crippen LogP contribution in [0.5, 0.6) is 0 Å². The molecule has 0 radical (unpaired) electrons. The van der Waals surface area contributed by atoms with E-state index in [1.807, 2.05) is 36.7 Å². The number of ketones is 1. The lowest BCUT2D eigenvalue weighted by Crippen LogP contribution is -2.14. The lowest BCUT2D eigenvalue weighted by Gasteiger charge is -2.28. The third-order valence-corrected chi connectivity index (χ3v) is 6.19. The summed E-state index contributed by atoms with van der Waals surface area (Å²) in [4.78, 5) is 21.5. The number of Topliss-reactive ketones (excluding diaryl/α,β-unsaturated/α-hetero) is 1. The van der Waals surface area contributed by atoms with Crippen LogP contribution in [0.3, 0.4) is 0 Å². The molecule has 0 bridgehead atoms. The normalized spacial score (nSPS) is 19.5. The molecule has 0 spiro atoms. The van der Waals surface area contributed by atoms with E-state index < -0.39 is 0 Å². The molecular formula is C24H31ClN2O. The van der Waals surface area contributed by atoms with E-state index in [0.717, 1.165) is 36.6 Å². The Morgan fingerprint density at radius 3 is 2.36 bits per heavy atom. The Morgan fingerprint density at radius 1 is 1.07 bits per heavy atom. The second kappa shape index (κ2) is 10.7. The second-order valence-electron chi connectivity index (χ2n) is 8.03. The summed E-state index contributed by atoms with van der Waals surface area (Å²) in [6, 6.07) is 7.93. The Morgan fingerprint density at radius 2 is 1.75 bits per heavy atom. The molecule has 1 aliphatic rings. The Hall–Kier alpha value is -1.74. The number of carbonyl (C=O) groups is 1. The van der Waals surface area contributed by atoms with Crippen molar-refractivity contribution in [3.8, 4) is 0 Å². The maximum atomic E-state index is 12.5. The van der Waals surface area contributed by atoms with Crippen LogP contribution < -0.4 is 0 Å². The summed E-state index contributed by atoms with van der Waals surface area (Å²) in [7, 11) is 0. The molecule has 3 rings (SSSR count). The summed E-state index contributed by atoms with van der Waals surface area (Å²) in [5.41, 5.74) is 3.23. The van der Waals surface area contributed by atoms with Gasteiger partial charge in [0, 0.05) is 23.8 Å². The van der Waals surface area contributed by atoms with E-state index in [4.69, 9.17) is 11.6 Å². The van der Waals surface area contributed by atoms with Crippen molar-refractivity contribution in [2.45, 2.75) is 70.6 Å². The zero-order valence-corrected chi connectivity index (χ0v) is 17.6. The molecule has 1 aromatic heterocycles. The molecule has 0 aliphatic heterocycles. The zero-order valence-electron chi connectivity index (χ0n) is 16.9. The molecule has 1 aliphatic carbocycles. The van der Waals surface area contributed by atoms with Gasteiger partial charge < -0.3 is 0 Å². The van der Waals surface area contributed by atoms with Gasteiger partial charge in [-0.1, -0.05) is 37.6 Å². The lowest BCUT2D eigenvalue weighted by atomic mass is 9.78. The van der Waals surface area contributed by atoms with Crippen molar-refractivity contribution >= 4 is 17.4 Å². The Labute approximate surface area is 173 Å². The van der Waals surface area contributed by atoms with Crippen molar-refractivity contribution < 1.29 is 4.79 Å². The van der Waals surface area contributed by atoms with Crippen molar-refractivity contribution in [1.29, 1.82) is 0 Å². The molecular weight excluding hydrogens is 368 g/mol. The summed E-state index contributed by atoms with van der Waals surface area (Å²) >= 11 is 5.81. The highest BCUT2D eigenvalue weighted by Crippen LogP contribution is 2.37. The van der Waals surface area contributed by atoms with E-state index in [1.165, 1.54) is 43.2 Å². The molecule has 1 fully saturated rings. The SMILES string of the molecule is CCCc1ccc(C(=O)Cc2ncc([C@H]3CC[C@H](CCCCl)CC3)cn2)cc1. The number of aromatic nitrogens is 2. The molecule has 0 N–H and O–H groups in total. The van der Waals surface area contributed by atoms with E-state index in [-0.39, 0.29) is 12.2 Å². The van der Waals surface area contributed by atoms with Crippen LogP contribution in [0.2, 0.25) is 0 Å². The number of alkyl halides is 1. The number of aryl methyl sites for hydroxylation is 1. The number of halogens is 1. The molecule has 150 valence electrons. The van der Waals surface area contributed by atoms with Gasteiger partial charge in [-0.05, 0) is 67.9 Å². The zero-order chi connectivity index (χ0) is 19.8. The van der Waals surface area contributed by atoms with E-state index in [1.54, 1.807) is 0 Å². The first-order valence-corrected chi connectivity index (χ1v) is 11.2. The fourth-order valence-electron chi connectivity index (χ4n) is 4.21. The predicted octanol–water partition coefficient (Wildman–Crippen LogP) is 6.15. The van der Waals surface area contributed by atoms with Crippen molar-refractivity contribution in [3.05, 3.63) is 59.2 Å². The molecule has 0 atom stereocenters. The monoisotopic (exact) mass is 398 g/mol. The minimum absolute atomic E-state index is 0.0793. The van der Waals surface area contributed by atoms with Crippen molar-refractivity contribution in [2.24, 2.45) is 5.92 Å². The minimum atomic E-state index is 0.0793. The summed E-state index contributed by atoms with van der Waals surface area (Å²) < 4.78 is 0. The molecule has 28 heavy (non-hydrogen) atoms. The maximum absolute atomic E-state index is 12.5. The van der Waals surface area contributed by atoms with Gasteiger partial charge in [-0.3, -0.25) is 4.79 Å². The molecule has 0 saturated heterocycles. The number of rotatable bonds is 9. The fourth-order valence-corrected chi connectivity index (χ4v) is 4.36. The number of carbonyl (C=O) groups excluding carboxylic acids is 1. The van der Waals surface area contributed by atoms with Gasteiger partial charge >= 0.3 is 0 Å². The molecule has 2 aromatic rings. The first kappa shape index (κ1) is 21.0. The Bertz CT molecular complexity index is 734. The minimum Gasteiger partial charge on any atom is -0.294 e. The van der Waals surface area contributed by atoms with Crippen LogP contribution in [-0.2, 0) is 12.8 Å². The fraction of sp³-hybridized carbons (Fsp3) is 0.542. The molecule has 1 saturated carbocycles. The third kappa shape index (κ3) is 5.88. The van der Waals surface area contributed by atoms with Gasteiger partial charge in [-0.25, -0.2) is 9.97 Å². The number of hydrogen-bond acceptors (Lipinski definition) is 3. The van der Waals surface area contributed by atoms with Crippen molar-refractivity contribution in [3.63, 3.8) is 0 Å². The first-order valence-electron chi connectivity index (χ1n) is 10.7. The molecule has 1 aromatic carbocycles. The van der Waals surface area contributed by atoms with Crippen LogP contribution in [0.25, 0.3) is 0 Å². The van der Waals surface area contributed by atoms with Gasteiger partial charge in [0.2, 0.25) is 0 Å². The first-order chi connectivity index (χ1) is 13.7. The Kier molecular flexibility index (Phi) is 8.02. The smallest absolute Gasteiger partial charge is 0.170 e. The summed E-state index contributed by atoms with van der Waals surface area (Å²) in [5.74, 6) is 2.86. The van der Waals surface area contributed by atoms with Gasteiger partial charge in [0.05, 0.1) is 6.42 Å². The van der Waals surface area contributed by atoms with Crippen molar-refractivity contribution in [2.75, 3.05) is 5.88 Å². The maximum Gasteiger partial charge on any atom is 0.170 e. The van der Waals surface area contributed by atoms with Gasteiger partial charge in [0.15, 0.2) is 5.78 Å². The van der Waals surface area contributed by atoms with Crippen LogP contribution in [0, 0.1) is 5.92 Å². The molecule has 0 unspecified atom stereocenters. The highest BCUT2D eigenvalue weighted by atomic mass is 35.5. The van der Waals surface area contributed by atoms with E-state index in [0.29, 0.717) is 11.7 Å². The van der Waals surface area contributed by atoms with Gasteiger partial charge in [0.1, 0.15) is 5.82 Å². The predicted molar refractivity (Wildman–Crippen MR) is 115 cm³/mol. The van der Waals surface area contributed by atoms with Crippen molar-refractivity contribution in [1.82, 2.24) is 9.97 Å². The summed E-state index contributed by atoms with van der Waals surface area (Å²) in [5, 5.41) is 0.